The van der Waals surface area contributed by atoms with E-state index in [1.165, 1.54) is 22.1 Å². The first-order valence-corrected chi connectivity index (χ1v) is 10.6. The molecule has 2 aliphatic rings. The van der Waals surface area contributed by atoms with Crippen LogP contribution in [-0.2, 0) is 14.4 Å². The summed E-state index contributed by atoms with van der Waals surface area (Å²) in [6, 6.07) is 20.2. The van der Waals surface area contributed by atoms with Gasteiger partial charge in [0.1, 0.15) is 5.92 Å². The van der Waals surface area contributed by atoms with Crippen LogP contribution in [0.25, 0.3) is 0 Å². The first kappa shape index (κ1) is 20.8. The number of hydrogen-bond acceptors (Lipinski definition) is 6. The van der Waals surface area contributed by atoms with Gasteiger partial charge in [-0.05, 0) is 37.6 Å². The summed E-state index contributed by atoms with van der Waals surface area (Å²) in [4.78, 5) is 45.0. The number of rotatable bonds is 4. The second-order valence-electron chi connectivity index (χ2n) is 8.36. The van der Waals surface area contributed by atoms with E-state index in [1.54, 1.807) is 24.3 Å². The number of benzene rings is 3. The Kier molecular flexibility index (Phi) is 4.94. The van der Waals surface area contributed by atoms with E-state index in [2.05, 4.69) is 0 Å². The van der Waals surface area contributed by atoms with Crippen LogP contribution in [0.5, 0.6) is 0 Å². The third-order valence-electron chi connectivity index (χ3n) is 6.12. The van der Waals surface area contributed by atoms with Crippen molar-refractivity contribution in [1.82, 2.24) is 0 Å². The summed E-state index contributed by atoms with van der Waals surface area (Å²) in [5, 5.41) is 12.8. The van der Waals surface area contributed by atoms with Crippen LogP contribution in [0.4, 0.5) is 17.1 Å². The Labute approximate surface area is 190 Å². The summed E-state index contributed by atoms with van der Waals surface area (Å²) >= 11 is 0. The number of imide groups is 1. The van der Waals surface area contributed by atoms with Crippen LogP contribution in [0.2, 0.25) is 0 Å². The number of nitro groups is 1. The van der Waals surface area contributed by atoms with Crippen LogP contribution in [0.1, 0.15) is 22.7 Å². The van der Waals surface area contributed by atoms with Gasteiger partial charge in [-0.15, -0.1) is 0 Å². The van der Waals surface area contributed by atoms with E-state index < -0.39 is 28.9 Å². The fourth-order valence-electron chi connectivity index (χ4n) is 4.43. The molecule has 3 atom stereocenters. The topological polar surface area (TPSA) is 93.0 Å². The van der Waals surface area contributed by atoms with Crippen molar-refractivity contribution in [2.45, 2.75) is 26.0 Å². The van der Waals surface area contributed by atoms with E-state index in [9.17, 15) is 19.7 Å². The summed E-state index contributed by atoms with van der Waals surface area (Å²) in [6.45, 7) is 3.89. The van der Waals surface area contributed by atoms with Crippen LogP contribution in [0.15, 0.2) is 72.8 Å². The first-order valence-electron chi connectivity index (χ1n) is 10.6. The molecule has 33 heavy (non-hydrogen) atoms. The van der Waals surface area contributed by atoms with Gasteiger partial charge in [-0.2, -0.15) is 0 Å². The normalized spacial score (nSPS) is 22.1. The zero-order chi connectivity index (χ0) is 23.3. The number of carbonyl (C=O) groups is 2. The van der Waals surface area contributed by atoms with E-state index in [0.717, 1.165) is 16.7 Å². The lowest BCUT2D eigenvalue weighted by Crippen LogP contribution is -2.37. The highest BCUT2D eigenvalue weighted by Crippen LogP contribution is 2.48. The molecule has 2 aliphatic heterocycles. The van der Waals surface area contributed by atoms with E-state index in [-0.39, 0.29) is 11.6 Å². The number of hydrogen-bond donors (Lipinski definition) is 0. The third kappa shape index (κ3) is 3.44. The van der Waals surface area contributed by atoms with Gasteiger partial charge in [0.25, 0.3) is 11.6 Å². The number of carbonyl (C=O) groups excluding carboxylic acids is 2. The Morgan fingerprint density at radius 3 is 2.12 bits per heavy atom. The quantitative estimate of drug-likeness (QED) is 0.340. The van der Waals surface area contributed by atoms with Gasteiger partial charge >= 0.3 is 0 Å². The number of fused-ring (bicyclic) bond motifs is 1. The predicted molar refractivity (Wildman–Crippen MR) is 122 cm³/mol. The second-order valence-corrected chi connectivity index (χ2v) is 8.36. The predicted octanol–water partition coefficient (Wildman–Crippen LogP) is 4.26. The molecule has 3 aromatic carbocycles. The standard InChI is InChI=1S/C25H21N3O5/c1-15-6-10-17(11-7-15)22-21-23(33-27(22)19-4-3-5-20(14-19)28(31)32)25(30)26(24(21)29)18-12-8-16(2)9-13-18/h3-14,21-23H,1-2H3/t21-,22-,23+/m1/s1. The summed E-state index contributed by atoms with van der Waals surface area (Å²) in [5.41, 5.74) is 3.65. The van der Waals surface area contributed by atoms with Gasteiger partial charge in [-0.1, -0.05) is 53.6 Å². The highest BCUT2D eigenvalue weighted by molar-refractivity contribution is 6.23. The second kappa shape index (κ2) is 7.83. The molecule has 2 amide bonds. The zero-order valence-corrected chi connectivity index (χ0v) is 18.0. The van der Waals surface area contributed by atoms with Crippen molar-refractivity contribution in [3.63, 3.8) is 0 Å². The molecule has 2 saturated heterocycles. The molecule has 0 aromatic heterocycles. The van der Waals surface area contributed by atoms with Crippen LogP contribution >= 0.6 is 0 Å². The number of hydroxylamine groups is 1. The molecule has 2 fully saturated rings. The highest BCUT2D eigenvalue weighted by Gasteiger charge is 2.60. The number of nitrogens with zero attached hydrogens (tertiary/aromatic N) is 3. The largest absolute Gasteiger partial charge is 0.273 e. The molecule has 5 rings (SSSR count). The van der Waals surface area contributed by atoms with Gasteiger partial charge in [-0.3, -0.25) is 24.5 Å². The van der Waals surface area contributed by atoms with Gasteiger partial charge < -0.3 is 0 Å². The summed E-state index contributed by atoms with van der Waals surface area (Å²) in [7, 11) is 0. The molecule has 2 heterocycles. The number of nitro benzene ring substituents is 1. The fraction of sp³-hybridized carbons (Fsp3) is 0.200. The Hall–Kier alpha value is -4.04. The number of non-ortho nitro benzene ring substituents is 1. The SMILES string of the molecule is Cc1ccc([C@@H]2[C@H]3C(=O)N(c4ccc(C)cc4)C(=O)[C@H]3ON2c2cccc([N+](=O)[O-])c2)cc1. The fourth-order valence-corrected chi connectivity index (χ4v) is 4.43. The van der Waals surface area contributed by atoms with Gasteiger partial charge in [0.15, 0.2) is 6.10 Å². The van der Waals surface area contributed by atoms with Crippen molar-refractivity contribution in [2.75, 3.05) is 9.96 Å². The maximum atomic E-state index is 13.6. The van der Waals surface area contributed by atoms with Crippen molar-refractivity contribution in [1.29, 1.82) is 0 Å². The molecule has 8 nitrogen and oxygen atoms in total. The van der Waals surface area contributed by atoms with Crippen molar-refractivity contribution in [2.24, 2.45) is 5.92 Å². The summed E-state index contributed by atoms with van der Waals surface area (Å²) in [5.74, 6) is -1.59. The summed E-state index contributed by atoms with van der Waals surface area (Å²) in [6.07, 6.45) is -1.02. The lowest BCUT2D eigenvalue weighted by Gasteiger charge is -2.28. The molecule has 8 heteroatoms. The van der Waals surface area contributed by atoms with Crippen molar-refractivity contribution < 1.29 is 19.3 Å². The molecule has 0 unspecified atom stereocenters. The Balaban J connectivity index is 1.59. The van der Waals surface area contributed by atoms with E-state index in [1.807, 2.05) is 50.2 Å². The molecule has 0 spiro atoms. The lowest BCUT2D eigenvalue weighted by molar-refractivity contribution is -0.384. The Bertz CT molecular complexity index is 1260. The Morgan fingerprint density at radius 1 is 0.848 bits per heavy atom. The van der Waals surface area contributed by atoms with Crippen LogP contribution in [-0.4, -0.2) is 22.8 Å². The van der Waals surface area contributed by atoms with Crippen LogP contribution < -0.4 is 9.96 Å². The van der Waals surface area contributed by atoms with Gasteiger partial charge in [0.2, 0.25) is 5.91 Å². The van der Waals surface area contributed by atoms with Crippen molar-refractivity contribution in [3.8, 4) is 0 Å². The minimum atomic E-state index is -1.02. The molecule has 0 N–H and O–H groups in total. The minimum absolute atomic E-state index is 0.102. The Morgan fingerprint density at radius 2 is 1.48 bits per heavy atom. The number of anilines is 2. The molecule has 0 saturated carbocycles. The number of aryl methyl sites for hydroxylation is 2. The third-order valence-corrected chi connectivity index (χ3v) is 6.12. The molecular formula is C25H21N3O5. The van der Waals surface area contributed by atoms with Crippen LogP contribution in [0.3, 0.4) is 0 Å². The monoisotopic (exact) mass is 443 g/mol. The molecule has 3 aromatic rings. The number of amides is 2. The molecular weight excluding hydrogens is 422 g/mol. The molecule has 0 aliphatic carbocycles. The highest BCUT2D eigenvalue weighted by atomic mass is 16.7. The molecule has 0 radical (unpaired) electrons. The van der Waals surface area contributed by atoms with Gasteiger partial charge in [0.05, 0.1) is 22.3 Å². The average molecular weight is 443 g/mol. The first-order chi connectivity index (χ1) is 15.8. The van der Waals surface area contributed by atoms with Crippen LogP contribution in [0, 0.1) is 29.9 Å². The summed E-state index contributed by atoms with van der Waals surface area (Å²) < 4.78 is 0. The van der Waals surface area contributed by atoms with E-state index >= 15 is 0 Å². The van der Waals surface area contributed by atoms with Gasteiger partial charge in [-0.25, -0.2) is 9.96 Å². The van der Waals surface area contributed by atoms with E-state index in [0.29, 0.717) is 11.4 Å². The van der Waals surface area contributed by atoms with Gasteiger partial charge in [0, 0.05) is 12.1 Å². The maximum absolute atomic E-state index is 13.6. The molecule has 166 valence electrons. The van der Waals surface area contributed by atoms with Crippen molar-refractivity contribution in [3.05, 3.63) is 99.6 Å². The van der Waals surface area contributed by atoms with Crippen molar-refractivity contribution >= 4 is 28.9 Å². The smallest absolute Gasteiger partial charge is 0.271 e. The zero-order valence-electron chi connectivity index (χ0n) is 18.0. The molecule has 0 bridgehead atoms. The maximum Gasteiger partial charge on any atom is 0.271 e. The lowest BCUT2D eigenvalue weighted by atomic mass is 9.90. The average Bonchev–Trinajstić information content (AvgIpc) is 3.31. The minimum Gasteiger partial charge on any atom is -0.273 e. The van der Waals surface area contributed by atoms with E-state index in [4.69, 9.17) is 4.84 Å².